The summed E-state index contributed by atoms with van der Waals surface area (Å²) in [6, 6.07) is 2.94. The van der Waals surface area contributed by atoms with E-state index in [0.29, 0.717) is 37.1 Å². The number of nitrogens with zero attached hydrogens (tertiary/aromatic N) is 3. The standard InChI is InChI=1S/C17H21ClN4O4/c1-17(2,3)26-16(25)21-8-6-10(7-9-21)22-13-11(4-5-12(18)20-13)19-14(23)15(22)24/h4-5,10H,6-9H2,1-3H3,(H,19,23). The van der Waals surface area contributed by atoms with Crippen molar-refractivity contribution in [1.82, 2.24) is 19.4 Å². The molecule has 1 fully saturated rings. The minimum Gasteiger partial charge on any atom is -0.444 e. The second-order valence-electron chi connectivity index (χ2n) is 7.33. The summed E-state index contributed by atoms with van der Waals surface area (Å²) >= 11 is 5.96. The zero-order valence-electron chi connectivity index (χ0n) is 14.9. The molecule has 1 amide bonds. The van der Waals surface area contributed by atoms with Crippen molar-refractivity contribution >= 4 is 28.9 Å². The van der Waals surface area contributed by atoms with Gasteiger partial charge in [-0.1, -0.05) is 11.6 Å². The van der Waals surface area contributed by atoms with E-state index >= 15 is 0 Å². The van der Waals surface area contributed by atoms with Gasteiger partial charge < -0.3 is 14.6 Å². The van der Waals surface area contributed by atoms with Gasteiger partial charge in [-0.25, -0.2) is 9.78 Å². The first-order valence-corrected chi connectivity index (χ1v) is 8.82. The molecule has 9 heteroatoms. The lowest BCUT2D eigenvalue weighted by atomic mass is 10.0. The lowest BCUT2D eigenvalue weighted by molar-refractivity contribution is 0.0188. The number of hydrogen-bond acceptors (Lipinski definition) is 5. The Bertz CT molecular complexity index is 952. The molecule has 2 aromatic heterocycles. The minimum atomic E-state index is -0.698. The van der Waals surface area contributed by atoms with Gasteiger partial charge >= 0.3 is 17.2 Å². The quantitative estimate of drug-likeness (QED) is 0.604. The Balaban J connectivity index is 1.87. The summed E-state index contributed by atoms with van der Waals surface area (Å²) < 4.78 is 6.78. The molecule has 0 bridgehead atoms. The van der Waals surface area contributed by atoms with Gasteiger partial charge in [0.1, 0.15) is 10.8 Å². The Kier molecular flexibility index (Phi) is 4.79. The Morgan fingerprint density at radius 1 is 1.27 bits per heavy atom. The van der Waals surface area contributed by atoms with Crippen molar-refractivity contribution in [3.63, 3.8) is 0 Å². The average molecular weight is 381 g/mol. The van der Waals surface area contributed by atoms with Gasteiger partial charge in [0.05, 0.1) is 5.52 Å². The van der Waals surface area contributed by atoms with E-state index in [1.807, 2.05) is 20.8 Å². The van der Waals surface area contributed by atoms with Crippen molar-refractivity contribution in [2.45, 2.75) is 45.3 Å². The summed E-state index contributed by atoms with van der Waals surface area (Å²) in [5.41, 5.74) is -1.13. The van der Waals surface area contributed by atoms with Crippen molar-refractivity contribution in [2.24, 2.45) is 0 Å². The Labute approximate surface area is 154 Å². The molecule has 1 aliphatic rings. The predicted molar refractivity (Wildman–Crippen MR) is 97.7 cm³/mol. The SMILES string of the molecule is CC(C)(C)OC(=O)N1CCC(n2c(=O)c(=O)[nH]c3ccc(Cl)nc32)CC1. The van der Waals surface area contributed by atoms with E-state index in [4.69, 9.17) is 16.3 Å². The number of fused-ring (bicyclic) bond motifs is 1. The van der Waals surface area contributed by atoms with Crippen LogP contribution in [0.25, 0.3) is 11.2 Å². The van der Waals surface area contributed by atoms with Crippen molar-refractivity contribution in [3.8, 4) is 0 Å². The molecule has 3 rings (SSSR count). The Hall–Kier alpha value is -2.35. The Morgan fingerprint density at radius 3 is 2.54 bits per heavy atom. The summed E-state index contributed by atoms with van der Waals surface area (Å²) in [7, 11) is 0. The zero-order chi connectivity index (χ0) is 19.1. The summed E-state index contributed by atoms with van der Waals surface area (Å²) in [5, 5.41) is 0.240. The third-order valence-electron chi connectivity index (χ3n) is 4.21. The number of halogens is 1. The summed E-state index contributed by atoms with van der Waals surface area (Å²) in [6.45, 7) is 6.31. The van der Waals surface area contributed by atoms with Crippen molar-refractivity contribution < 1.29 is 9.53 Å². The fourth-order valence-corrected chi connectivity index (χ4v) is 3.20. The van der Waals surface area contributed by atoms with Crippen LogP contribution in [-0.2, 0) is 4.74 Å². The van der Waals surface area contributed by atoms with Crippen LogP contribution in [0.2, 0.25) is 5.15 Å². The van der Waals surface area contributed by atoms with E-state index in [0.717, 1.165) is 0 Å². The van der Waals surface area contributed by atoms with Crippen LogP contribution in [0.3, 0.4) is 0 Å². The topological polar surface area (TPSA) is 97.3 Å². The van der Waals surface area contributed by atoms with Crippen LogP contribution >= 0.6 is 11.6 Å². The van der Waals surface area contributed by atoms with Crippen LogP contribution in [0.15, 0.2) is 21.7 Å². The first-order valence-electron chi connectivity index (χ1n) is 8.45. The molecule has 0 aromatic carbocycles. The Morgan fingerprint density at radius 2 is 1.92 bits per heavy atom. The van der Waals surface area contributed by atoms with Crippen LogP contribution in [0.1, 0.15) is 39.7 Å². The maximum absolute atomic E-state index is 12.4. The van der Waals surface area contributed by atoms with Gasteiger partial charge in [0.15, 0.2) is 5.65 Å². The second-order valence-corrected chi connectivity index (χ2v) is 7.72. The molecule has 1 saturated heterocycles. The van der Waals surface area contributed by atoms with Gasteiger partial charge in [-0.05, 0) is 45.7 Å². The van der Waals surface area contributed by atoms with Crippen LogP contribution in [0, 0.1) is 0 Å². The van der Waals surface area contributed by atoms with Crippen LogP contribution < -0.4 is 11.1 Å². The van der Waals surface area contributed by atoms with Gasteiger partial charge in [0.2, 0.25) is 0 Å². The van der Waals surface area contributed by atoms with Gasteiger partial charge in [0, 0.05) is 19.1 Å². The summed E-state index contributed by atoms with van der Waals surface area (Å²) in [5.74, 6) is 0. The number of ether oxygens (including phenoxy) is 1. The molecule has 0 atom stereocenters. The summed E-state index contributed by atoms with van der Waals surface area (Å²) in [6.07, 6.45) is 0.665. The highest BCUT2D eigenvalue weighted by Gasteiger charge is 2.29. The van der Waals surface area contributed by atoms with Crippen LogP contribution in [0.4, 0.5) is 4.79 Å². The number of rotatable bonds is 1. The van der Waals surface area contributed by atoms with Gasteiger partial charge in [-0.15, -0.1) is 0 Å². The highest BCUT2D eigenvalue weighted by molar-refractivity contribution is 6.29. The van der Waals surface area contributed by atoms with Crippen LogP contribution in [0.5, 0.6) is 0 Å². The van der Waals surface area contributed by atoms with E-state index in [1.54, 1.807) is 17.0 Å². The van der Waals surface area contributed by atoms with Gasteiger partial charge in [-0.2, -0.15) is 0 Å². The van der Waals surface area contributed by atoms with Crippen molar-refractivity contribution in [1.29, 1.82) is 0 Å². The predicted octanol–water partition coefficient (Wildman–Crippen LogP) is 2.31. The molecule has 0 saturated carbocycles. The van der Waals surface area contributed by atoms with E-state index in [2.05, 4.69) is 9.97 Å². The number of aromatic amines is 1. The van der Waals surface area contributed by atoms with E-state index < -0.39 is 16.7 Å². The van der Waals surface area contributed by atoms with Gasteiger partial charge in [-0.3, -0.25) is 14.2 Å². The van der Waals surface area contributed by atoms with E-state index in [-0.39, 0.29) is 17.3 Å². The first kappa shape index (κ1) is 18.4. The molecule has 2 aromatic rings. The molecule has 1 aliphatic heterocycles. The molecule has 0 spiro atoms. The van der Waals surface area contributed by atoms with E-state index in [9.17, 15) is 14.4 Å². The number of nitrogens with one attached hydrogen (secondary N) is 1. The molecule has 0 unspecified atom stereocenters. The monoisotopic (exact) mass is 380 g/mol. The van der Waals surface area contributed by atoms with Crippen molar-refractivity contribution in [2.75, 3.05) is 13.1 Å². The number of amides is 1. The van der Waals surface area contributed by atoms with Crippen molar-refractivity contribution in [3.05, 3.63) is 38.0 Å². The lowest BCUT2D eigenvalue weighted by Gasteiger charge is -2.34. The summed E-state index contributed by atoms with van der Waals surface area (Å²) in [4.78, 5) is 44.9. The third kappa shape index (κ3) is 3.75. The minimum absolute atomic E-state index is 0.239. The largest absolute Gasteiger partial charge is 0.444 e. The van der Waals surface area contributed by atoms with Crippen LogP contribution in [-0.4, -0.2) is 44.2 Å². The zero-order valence-corrected chi connectivity index (χ0v) is 15.7. The number of aromatic nitrogens is 3. The highest BCUT2D eigenvalue weighted by atomic mass is 35.5. The maximum Gasteiger partial charge on any atom is 0.410 e. The number of hydrogen-bond donors (Lipinski definition) is 1. The third-order valence-corrected chi connectivity index (χ3v) is 4.42. The fraction of sp³-hybridized carbons (Fsp3) is 0.529. The maximum atomic E-state index is 12.4. The second kappa shape index (κ2) is 6.75. The molecule has 140 valence electrons. The lowest BCUT2D eigenvalue weighted by Crippen LogP contribution is -2.45. The molecule has 1 N–H and O–H groups in total. The molecule has 26 heavy (non-hydrogen) atoms. The fourth-order valence-electron chi connectivity index (χ4n) is 3.06. The number of likely N-dealkylation sites (tertiary alicyclic amines) is 1. The molecule has 8 nitrogen and oxygen atoms in total. The molecule has 0 radical (unpaired) electrons. The molecule has 3 heterocycles. The average Bonchev–Trinajstić information content (AvgIpc) is 2.55. The molecular formula is C17H21ClN4O4. The number of pyridine rings is 1. The highest BCUT2D eigenvalue weighted by Crippen LogP contribution is 2.25. The number of carbonyl (C=O) groups is 1. The number of carbonyl (C=O) groups excluding carboxylic acids is 1. The van der Waals surface area contributed by atoms with Gasteiger partial charge in [0.25, 0.3) is 0 Å². The smallest absolute Gasteiger partial charge is 0.410 e. The number of piperidine rings is 1. The number of H-pyrrole nitrogens is 1. The normalized spacial score (nSPS) is 16.1. The molecule has 0 aliphatic carbocycles. The molecular weight excluding hydrogens is 360 g/mol. The van der Waals surface area contributed by atoms with E-state index in [1.165, 1.54) is 4.57 Å². The first-order chi connectivity index (χ1) is 12.2.